The number of benzene rings is 1. The molecule has 12 nitrogen and oxygen atoms in total. The maximum Gasteiger partial charge on any atom is 0.326 e. The van der Waals surface area contributed by atoms with Gasteiger partial charge in [0, 0.05) is 23.5 Å². The van der Waals surface area contributed by atoms with Gasteiger partial charge in [-0.15, -0.1) is 0 Å². The Bertz CT molecular complexity index is 1130. The second-order valence-electron chi connectivity index (χ2n) is 9.10. The van der Waals surface area contributed by atoms with Gasteiger partial charge in [0.05, 0.1) is 6.04 Å². The van der Waals surface area contributed by atoms with Crippen LogP contribution >= 0.6 is 0 Å². The predicted molar refractivity (Wildman–Crippen MR) is 135 cm³/mol. The van der Waals surface area contributed by atoms with Crippen molar-refractivity contribution < 1.29 is 34.2 Å². The largest absolute Gasteiger partial charge is 0.481 e. The predicted octanol–water partition coefficient (Wildman–Crippen LogP) is 0.508. The highest BCUT2D eigenvalue weighted by Crippen LogP contribution is 2.19. The summed E-state index contributed by atoms with van der Waals surface area (Å²) in [4.78, 5) is 63.6. The van der Waals surface area contributed by atoms with E-state index < -0.39 is 60.2 Å². The van der Waals surface area contributed by atoms with Crippen molar-refractivity contribution >= 4 is 40.6 Å². The van der Waals surface area contributed by atoms with Crippen molar-refractivity contribution in [1.82, 2.24) is 20.9 Å². The number of fused-ring (bicyclic) bond motifs is 1. The topological polar surface area (TPSA) is 204 Å². The number of aromatic amines is 1. The van der Waals surface area contributed by atoms with Crippen LogP contribution in [0.25, 0.3) is 10.9 Å². The number of amides is 3. The number of aliphatic carboxylic acids is 2. The number of hydrogen-bond donors (Lipinski definition) is 7. The van der Waals surface area contributed by atoms with Gasteiger partial charge in [0.15, 0.2) is 0 Å². The van der Waals surface area contributed by atoms with Crippen LogP contribution in [0.5, 0.6) is 0 Å². The summed E-state index contributed by atoms with van der Waals surface area (Å²) in [6.07, 6.45) is 1.83. The molecule has 5 unspecified atom stereocenters. The molecule has 0 aliphatic heterocycles. The highest BCUT2D eigenvalue weighted by Gasteiger charge is 2.31. The molecule has 3 amide bonds. The lowest BCUT2D eigenvalue weighted by atomic mass is 9.97. The summed E-state index contributed by atoms with van der Waals surface area (Å²) in [5.41, 5.74) is 7.94. The first-order chi connectivity index (χ1) is 17.4. The fraction of sp³-hybridized carbons (Fsp3) is 0.480. The summed E-state index contributed by atoms with van der Waals surface area (Å²) < 4.78 is 0. The van der Waals surface area contributed by atoms with Crippen molar-refractivity contribution in [2.75, 3.05) is 0 Å². The second kappa shape index (κ2) is 13.4. The lowest BCUT2D eigenvalue weighted by Crippen LogP contribution is -2.58. The average molecular weight is 518 g/mol. The molecule has 2 aromatic rings. The zero-order valence-corrected chi connectivity index (χ0v) is 21.1. The number of carboxylic acid groups (broad SMARTS) is 2. The van der Waals surface area contributed by atoms with E-state index in [4.69, 9.17) is 10.8 Å². The van der Waals surface area contributed by atoms with Crippen molar-refractivity contribution in [1.29, 1.82) is 0 Å². The third-order valence-electron chi connectivity index (χ3n) is 6.26. The van der Waals surface area contributed by atoms with E-state index in [0.29, 0.717) is 6.42 Å². The molecule has 12 heteroatoms. The Balaban J connectivity index is 2.02. The Morgan fingerprint density at radius 1 is 0.973 bits per heavy atom. The molecule has 0 fully saturated rings. The maximum atomic E-state index is 13.0. The molecule has 5 atom stereocenters. The third-order valence-corrected chi connectivity index (χ3v) is 6.26. The lowest BCUT2D eigenvalue weighted by molar-refractivity contribution is -0.143. The number of hydrogen-bond acceptors (Lipinski definition) is 6. The van der Waals surface area contributed by atoms with E-state index in [1.807, 2.05) is 31.2 Å². The summed E-state index contributed by atoms with van der Waals surface area (Å²) in [6, 6.07) is 3.15. The zero-order valence-electron chi connectivity index (χ0n) is 21.1. The van der Waals surface area contributed by atoms with E-state index in [0.717, 1.165) is 16.5 Å². The van der Waals surface area contributed by atoms with Crippen LogP contribution < -0.4 is 21.7 Å². The summed E-state index contributed by atoms with van der Waals surface area (Å²) in [5.74, 6) is -4.82. The molecule has 0 aliphatic rings. The number of nitrogens with one attached hydrogen (secondary N) is 4. The van der Waals surface area contributed by atoms with Gasteiger partial charge in [0.25, 0.3) is 0 Å². The highest BCUT2D eigenvalue weighted by molar-refractivity contribution is 5.94. The van der Waals surface area contributed by atoms with Gasteiger partial charge in [0.1, 0.15) is 18.1 Å². The molecule has 0 spiro atoms. The van der Waals surface area contributed by atoms with Crippen molar-refractivity contribution in [2.24, 2.45) is 11.7 Å². The molecule has 37 heavy (non-hydrogen) atoms. The average Bonchev–Trinajstić information content (AvgIpc) is 3.26. The van der Waals surface area contributed by atoms with Crippen LogP contribution in [0, 0.1) is 5.92 Å². The third kappa shape index (κ3) is 8.31. The van der Waals surface area contributed by atoms with Crippen molar-refractivity contribution in [3.05, 3.63) is 36.0 Å². The standard InChI is InChI=1S/C25H35N5O7/c1-4-13(2)21(24(35)28-14(3)22(33)29-19(25(36)37)9-10-20(31)32)30-23(34)17(26)11-15-12-27-18-8-6-5-7-16(15)18/h5-8,12-14,17,19,21,27H,4,9-11,26H2,1-3H3,(H,28,35)(H,29,33)(H,30,34)(H,31,32)(H,36,37). The number of nitrogens with two attached hydrogens (primary N) is 1. The quantitative estimate of drug-likeness (QED) is 0.188. The fourth-order valence-electron chi connectivity index (χ4n) is 3.78. The number of carboxylic acids is 2. The van der Waals surface area contributed by atoms with Crippen molar-refractivity contribution in [2.45, 2.75) is 70.6 Å². The number of carbonyl (C=O) groups is 5. The number of carbonyl (C=O) groups excluding carboxylic acids is 3. The van der Waals surface area contributed by atoms with Gasteiger partial charge < -0.3 is 36.9 Å². The Morgan fingerprint density at radius 2 is 1.65 bits per heavy atom. The van der Waals surface area contributed by atoms with Gasteiger partial charge in [-0.25, -0.2) is 4.79 Å². The molecule has 202 valence electrons. The van der Waals surface area contributed by atoms with Crippen LogP contribution in [0.2, 0.25) is 0 Å². The molecule has 0 bridgehead atoms. The van der Waals surface area contributed by atoms with E-state index in [2.05, 4.69) is 20.9 Å². The zero-order chi connectivity index (χ0) is 27.7. The maximum absolute atomic E-state index is 13.0. The van der Waals surface area contributed by atoms with Crippen LogP contribution in [0.1, 0.15) is 45.6 Å². The van der Waals surface area contributed by atoms with Gasteiger partial charge in [-0.3, -0.25) is 19.2 Å². The van der Waals surface area contributed by atoms with E-state index in [1.54, 1.807) is 13.1 Å². The van der Waals surface area contributed by atoms with Crippen LogP contribution in [0.3, 0.4) is 0 Å². The number of para-hydroxylation sites is 1. The first-order valence-electron chi connectivity index (χ1n) is 12.1. The molecule has 8 N–H and O–H groups in total. The van der Waals surface area contributed by atoms with Gasteiger partial charge >= 0.3 is 11.9 Å². The first kappa shape index (κ1) is 29.3. The van der Waals surface area contributed by atoms with E-state index in [9.17, 15) is 29.1 Å². The summed E-state index contributed by atoms with van der Waals surface area (Å²) in [7, 11) is 0. The normalized spacial score (nSPS) is 15.1. The van der Waals surface area contributed by atoms with E-state index in [1.165, 1.54) is 6.92 Å². The highest BCUT2D eigenvalue weighted by atomic mass is 16.4. The van der Waals surface area contributed by atoms with Crippen LogP contribution in [0.4, 0.5) is 0 Å². The van der Waals surface area contributed by atoms with Gasteiger partial charge in [-0.1, -0.05) is 38.5 Å². The van der Waals surface area contributed by atoms with Crippen molar-refractivity contribution in [3.63, 3.8) is 0 Å². The SMILES string of the molecule is CCC(C)C(NC(=O)C(N)Cc1c[nH]c2ccccc12)C(=O)NC(C)C(=O)NC(CCC(=O)O)C(=O)O. The van der Waals surface area contributed by atoms with E-state index >= 15 is 0 Å². The molecular formula is C25H35N5O7. The Labute approximate surface area is 214 Å². The molecule has 0 aliphatic carbocycles. The minimum atomic E-state index is -1.42. The molecule has 0 radical (unpaired) electrons. The molecule has 0 saturated carbocycles. The minimum absolute atomic E-state index is 0.246. The molecule has 0 saturated heterocycles. The molecular weight excluding hydrogens is 482 g/mol. The van der Waals surface area contributed by atoms with E-state index in [-0.39, 0.29) is 18.8 Å². The Kier molecular flexibility index (Phi) is 10.6. The first-order valence-corrected chi connectivity index (χ1v) is 12.1. The molecule has 1 heterocycles. The molecule has 1 aromatic heterocycles. The van der Waals surface area contributed by atoms with Crippen LogP contribution in [-0.4, -0.2) is 69.0 Å². The van der Waals surface area contributed by atoms with Gasteiger partial charge in [-0.2, -0.15) is 0 Å². The number of H-pyrrole nitrogens is 1. The lowest BCUT2D eigenvalue weighted by Gasteiger charge is -2.27. The van der Waals surface area contributed by atoms with Crippen LogP contribution in [0.15, 0.2) is 30.5 Å². The van der Waals surface area contributed by atoms with Crippen LogP contribution in [-0.2, 0) is 30.4 Å². The fourth-order valence-corrected chi connectivity index (χ4v) is 3.78. The number of aromatic nitrogens is 1. The number of rotatable bonds is 14. The summed E-state index contributed by atoms with van der Waals surface area (Å²) in [6.45, 7) is 4.98. The monoisotopic (exact) mass is 517 g/mol. The smallest absolute Gasteiger partial charge is 0.326 e. The minimum Gasteiger partial charge on any atom is -0.481 e. The Morgan fingerprint density at radius 3 is 2.27 bits per heavy atom. The second-order valence-corrected chi connectivity index (χ2v) is 9.10. The van der Waals surface area contributed by atoms with Gasteiger partial charge in [0.2, 0.25) is 17.7 Å². The summed E-state index contributed by atoms with van der Waals surface area (Å²) in [5, 5.41) is 26.4. The van der Waals surface area contributed by atoms with Crippen molar-refractivity contribution in [3.8, 4) is 0 Å². The molecule has 2 rings (SSSR count). The molecule has 1 aromatic carbocycles. The Hall–Kier alpha value is -3.93. The van der Waals surface area contributed by atoms with Gasteiger partial charge in [-0.05, 0) is 37.3 Å². The summed E-state index contributed by atoms with van der Waals surface area (Å²) >= 11 is 0.